The molecule has 8 atom stereocenters. The number of esters is 4. The maximum atomic E-state index is 15.0. The number of cyclic esters (lactones) is 4. The maximum absolute atomic E-state index is 15.0. The molecule has 3 saturated heterocycles. The van der Waals surface area contributed by atoms with E-state index in [9.17, 15) is 46.3 Å². The molecule has 0 saturated carbocycles. The molecule has 0 unspecified atom stereocenters. The highest BCUT2D eigenvalue weighted by Gasteiger charge is 2.44. The Morgan fingerprint density at radius 3 is 1.12 bits per heavy atom. The fourth-order valence-corrected chi connectivity index (χ4v) is 11.2. The highest BCUT2D eigenvalue weighted by Crippen LogP contribution is 2.32. The number of nitrogens with zero attached hydrogens (tertiary/aromatic N) is 6. The third kappa shape index (κ3) is 19.9. The van der Waals surface area contributed by atoms with E-state index in [2.05, 4.69) is 0 Å². The van der Waals surface area contributed by atoms with Crippen molar-refractivity contribution in [2.24, 2.45) is 23.7 Å². The molecule has 3 heterocycles. The van der Waals surface area contributed by atoms with E-state index in [0.29, 0.717) is 36.3 Å². The highest BCUT2D eigenvalue weighted by atomic mass is 19.3. The van der Waals surface area contributed by atoms with Crippen molar-refractivity contribution in [3.8, 4) is 0 Å². The van der Waals surface area contributed by atoms with Crippen LogP contribution in [0, 0.1) is 23.7 Å². The van der Waals surface area contributed by atoms with Crippen molar-refractivity contribution < 1.29 is 74.9 Å². The number of benzene rings is 2. The van der Waals surface area contributed by atoms with Crippen LogP contribution in [0.2, 0.25) is 0 Å². The Kier molecular flexibility index (Phi) is 24.8. The van der Waals surface area contributed by atoms with Gasteiger partial charge in [-0.15, -0.1) is 0 Å². The van der Waals surface area contributed by atoms with Gasteiger partial charge in [0, 0.05) is 72.7 Å². The van der Waals surface area contributed by atoms with Gasteiger partial charge in [0.15, 0.2) is 24.4 Å². The van der Waals surface area contributed by atoms with Crippen molar-refractivity contribution >= 4 is 53.2 Å². The van der Waals surface area contributed by atoms with Crippen molar-refractivity contribution in [3.05, 3.63) is 65.2 Å². The molecule has 0 spiro atoms. The minimum absolute atomic E-state index is 0.0156. The Bertz CT molecular complexity index is 2610. The van der Waals surface area contributed by atoms with E-state index in [0.717, 1.165) is 25.2 Å². The lowest BCUT2D eigenvalue weighted by Crippen LogP contribution is -2.55. The van der Waals surface area contributed by atoms with Gasteiger partial charge >= 0.3 is 23.9 Å². The largest absolute Gasteiger partial charge is 0.451 e. The topological polar surface area (TPSA) is 193 Å². The van der Waals surface area contributed by atoms with Crippen LogP contribution in [0.15, 0.2) is 48.5 Å². The van der Waals surface area contributed by atoms with E-state index in [1.165, 1.54) is 42.0 Å². The summed E-state index contributed by atoms with van der Waals surface area (Å²) in [6.07, 6.45) is -6.57. The van der Waals surface area contributed by atoms with Crippen LogP contribution in [0.4, 0.5) is 23.2 Å². The number of piperidine rings is 2. The number of anilines is 1. The first-order valence-electron chi connectivity index (χ1n) is 30.0. The molecule has 3 fully saturated rings. The number of halogens is 4. The van der Waals surface area contributed by atoms with Crippen LogP contribution in [0.5, 0.6) is 0 Å². The van der Waals surface area contributed by atoms with Gasteiger partial charge in [0.05, 0.1) is 13.1 Å². The fourth-order valence-electron chi connectivity index (χ4n) is 11.2. The molecule has 0 N–H and O–H groups in total. The Morgan fingerprint density at radius 1 is 0.447 bits per heavy atom. The lowest BCUT2D eigenvalue weighted by atomic mass is 9.99. The molecule has 3 aliphatic heterocycles. The Hall–Kier alpha value is -6.32. The quantitative estimate of drug-likeness (QED) is 0.0943. The Balaban J connectivity index is 1.58. The van der Waals surface area contributed by atoms with Crippen LogP contribution >= 0.6 is 0 Å². The zero-order chi connectivity index (χ0) is 63.4. The second-order valence-corrected chi connectivity index (χ2v) is 25.3. The molecule has 0 radical (unpaired) electrons. The number of amides is 4. The molecule has 2 aromatic rings. The summed E-state index contributed by atoms with van der Waals surface area (Å²) in [7, 11) is 5.34. The van der Waals surface area contributed by atoms with E-state index in [-0.39, 0.29) is 94.5 Å². The molecule has 0 aliphatic carbocycles. The molecule has 0 aromatic heterocycles. The lowest BCUT2D eigenvalue weighted by Gasteiger charge is -2.35. The fraction of sp³-hybridized carbons (Fsp3) is 0.683. The standard InChI is InChI=1S/C63H92F4N6O12/c1-38(2)29-48-58(78)82-43(10)55(75)69(12)51(32-41(7)8)61(81)85-53(34-45-21-23-47(24-22-45)73-28-16-26-63(66,67)37-73)57(77)71(14)49(30-39(3)4)59(79)83-42(9)54(74)68(11)50(31-40(5)6)60(80)84-52(56(76)70(48)13)33-44-17-19-46(20-18-44)35-72-27-15-25-62(64,65)36-72/h17-24,38-43,48-53H,15-16,25-37H2,1-14H3/t42-,43-,48+,49+,50+,51+,52-,53-/m1/s1. The monoisotopic (exact) mass is 1200 g/mol. The van der Waals surface area contributed by atoms with Gasteiger partial charge in [-0.1, -0.05) is 91.8 Å². The minimum Gasteiger partial charge on any atom is -0.451 e. The maximum Gasteiger partial charge on any atom is 0.329 e. The number of hydrogen-bond acceptors (Lipinski definition) is 14. The molecule has 0 bridgehead atoms. The van der Waals surface area contributed by atoms with Gasteiger partial charge in [0.25, 0.3) is 35.5 Å². The first kappa shape index (κ1) is 69.5. The number of likely N-dealkylation sites (N-methyl/N-ethyl adjacent to an activating group) is 4. The summed E-state index contributed by atoms with van der Waals surface area (Å²) in [6, 6.07) is 7.93. The van der Waals surface area contributed by atoms with Crippen LogP contribution in [0.3, 0.4) is 0 Å². The number of rotatable bonds is 15. The number of carbonyl (C=O) groups is 8. The first-order valence-corrected chi connectivity index (χ1v) is 30.0. The van der Waals surface area contributed by atoms with Gasteiger partial charge < -0.3 is 43.4 Å². The van der Waals surface area contributed by atoms with Gasteiger partial charge in [-0.3, -0.25) is 24.1 Å². The second kappa shape index (κ2) is 30.3. The molecule has 85 heavy (non-hydrogen) atoms. The van der Waals surface area contributed by atoms with E-state index in [4.69, 9.17) is 18.9 Å². The van der Waals surface area contributed by atoms with Crippen LogP contribution in [-0.4, -0.2) is 187 Å². The van der Waals surface area contributed by atoms with Crippen molar-refractivity contribution in [3.63, 3.8) is 0 Å². The van der Waals surface area contributed by atoms with Crippen LogP contribution in [0.1, 0.15) is 137 Å². The van der Waals surface area contributed by atoms with E-state index in [1.807, 2.05) is 27.7 Å². The van der Waals surface area contributed by atoms with Crippen LogP contribution in [-0.2, 0) is 76.7 Å². The van der Waals surface area contributed by atoms with E-state index in [1.54, 1.807) is 86.0 Å². The summed E-state index contributed by atoms with van der Waals surface area (Å²) in [5, 5.41) is 0. The Morgan fingerprint density at radius 2 is 0.765 bits per heavy atom. The molecular weight excluding hydrogens is 1110 g/mol. The lowest BCUT2D eigenvalue weighted by molar-refractivity contribution is -0.176. The molecule has 5 rings (SSSR count). The van der Waals surface area contributed by atoms with Gasteiger partial charge in [0.1, 0.15) is 24.2 Å². The number of alkyl halides is 4. The number of ether oxygens (including phenoxy) is 4. The second-order valence-electron chi connectivity index (χ2n) is 25.3. The molecule has 2 aromatic carbocycles. The molecular formula is C63H92F4N6O12. The zero-order valence-corrected chi connectivity index (χ0v) is 52.2. The first-order chi connectivity index (χ1) is 39.7. The van der Waals surface area contributed by atoms with Crippen molar-refractivity contribution in [1.82, 2.24) is 24.5 Å². The number of likely N-dealkylation sites (tertiary alicyclic amines) is 1. The molecule has 474 valence electrons. The third-order valence-electron chi connectivity index (χ3n) is 15.9. The molecule has 18 nitrogen and oxygen atoms in total. The van der Waals surface area contributed by atoms with Gasteiger partial charge in [-0.2, -0.15) is 0 Å². The number of carbonyl (C=O) groups excluding carboxylic acids is 8. The minimum atomic E-state index is -2.88. The zero-order valence-electron chi connectivity index (χ0n) is 52.2. The molecule has 3 aliphatic rings. The summed E-state index contributed by atoms with van der Waals surface area (Å²) in [5.74, 6) is -13.9. The summed E-state index contributed by atoms with van der Waals surface area (Å²) >= 11 is 0. The Labute approximate surface area is 499 Å². The van der Waals surface area contributed by atoms with Crippen molar-refractivity contribution in [1.29, 1.82) is 0 Å². The average molecular weight is 1200 g/mol. The summed E-state index contributed by atoms with van der Waals surface area (Å²) < 4.78 is 81.6. The molecule has 22 heteroatoms. The summed E-state index contributed by atoms with van der Waals surface area (Å²) in [4.78, 5) is 125. The summed E-state index contributed by atoms with van der Waals surface area (Å²) in [5.41, 5.74) is 2.22. The predicted octanol–water partition coefficient (Wildman–Crippen LogP) is 8.13. The SMILES string of the molecule is CC(C)C[C@H]1C(=O)O[C@H](Cc2ccc(N3CCCC(F)(F)C3)cc2)C(=O)N(C)[C@@H](CC(C)C)C(=O)O[C@H](C)C(=O)N(C)[C@@H](CC(C)C)C(=O)O[C@H](Cc2ccc(CN3CCCC(F)(F)C3)cc2)C(=O)N(C)[C@@H](CC(C)C)C(=O)O[C@H](C)C(=O)N1C. The number of hydrogen-bond donors (Lipinski definition) is 0. The van der Waals surface area contributed by atoms with Gasteiger partial charge in [0.2, 0.25) is 0 Å². The van der Waals surface area contributed by atoms with Crippen LogP contribution < -0.4 is 4.90 Å². The van der Waals surface area contributed by atoms with E-state index >= 15 is 9.59 Å². The van der Waals surface area contributed by atoms with Gasteiger partial charge in [-0.05, 0) is 111 Å². The van der Waals surface area contributed by atoms with Gasteiger partial charge in [-0.25, -0.2) is 36.7 Å². The normalized spacial score (nSPS) is 26.3. The van der Waals surface area contributed by atoms with E-state index < -0.39 is 114 Å². The van der Waals surface area contributed by atoms with Crippen LogP contribution in [0.25, 0.3) is 0 Å². The van der Waals surface area contributed by atoms with Crippen molar-refractivity contribution in [2.75, 3.05) is 59.3 Å². The molecule has 4 amide bonds. The highest BCUT2D eigenvalue weighted by molar-refractivity contribution is 5.94. The predicted molar refractivity (Wildman–Crippen MR) is 311 cm³/mol. The third-order valence-corrected chi connectivity index (χ3v) is 15.9. The van der Waals surface area contributed by atoms with Crippen molar-refractivity contribution in [2.45, 2.75) is 200 Å². The summed E-state index contributed by atoms with van der Waals surface area (Å²) in [6.45, 7) is 17.4. The smallest absolute Gasteiger partial charge is 0.329 e. The average Bonchev–Trinajstić information content (AvgIpc) is 3.44.